The third kappa shape index (κ3) is 4.39. The molecule has 0 atom stereocenters. The molecule has 0 spiro atoms. The lowest BCUT2D eigenvalue weighted by Crippen LogP contribution is -2.15. The normalized spacial score (nSPS) is 11.4. The summed E-state index contributed by atoms with van der Waals surface area (Å²) in [6, 6.07) is 17.1. The van der Waals surface area contributed by atoms with Crippen LogP contribution in [0.2, 0.25) is 0 Å². The smallest absolute Gasteiger partial charge is 0.357 e. The Bertz CT molecular complexity index is 906. The second kappa shape index (κ2) is 7.85. The molecule has 6 nitrogen and oxygen atoms in total. The maximum absolute atomic E-state index is 12.6. The van der Waals surface area contributed by atoms with Crippen LogP contribution in [0.1, 0.15) is 17.0 Å². The predicted octanol–water partition coefficient (Wildman–Crippen LogP) is 3.49. The lowest BCUT2D eigenvalue weighted by atomic mass is 10.2. The molecule has 3 aromatic rings. The van der Waals surface area contributed by atoms with Crippen LogP contribution in [0.3, 0.4) is 0 Å². The van der Waals surface area contributed by atoms with Crippen LogP contribution in [-0.4, -0.2) is 26.2 Å². The Morgan fingerprint density at radius 2 is 2.00 bits per heavy atom. The average molecular weight is 399 g/mol. The van der Waals surface area contributed by atoms with E-state index in [0.717, 1.165) is 15.6 Å². The Labute approximate surface area is 153 Å². The van der Waals surface area contributed by atoms with Crippen molar-refractivity contribution in [2.75, 3.05) is 0 Å². The highest BCUT2D eigenvalue weighted by Gasteiger charge is 2.17. The van der Waals surface area contributed by atoms with Crippen molar-refractivity contribution in [3.05, 3.63) is 76.0 Å². The highest BCUT2D eigenvalue weighted by Crippen LogP contribution is 2.16. The Balaban J connectivity index is 1.85. The number of benzene rings is 2. The molecule has 0 aliphatic heterocycles. The molecule has 0 bridgehead atoms. The van der Waals surface area contributed by atoms with E-state index < -0.39 is 5.97 Å². The van der Waals surface area contributed by atoms with Crippen molar-refractivity contribution in [2.24, 2.45) is 0 Å². The van der Waals surface area contributed by atoms with Crippen molar-refractivity contribution in [3.63, 3.8) is 0 Å². The fourth-order valence-corrected chi connectivity index (χ4v) is 2.66. The van der Waals surface area contributed by atoms with Crippen molar-refractivity contribution in [2.45, 2.75) is 13.5 Å². The molecule has 7 heteroatoms. The maximum atomic E-state index is 12.6. The van der Waals surface area contributed by atoms with Crippen molar-refractivity contribution < 1.29 is 9.53 Å². The third-order valence-electron chi connectivity index (χ3n) is 3.42. The molecule has 3 rings (SSSR count). The fraction of sp³-hybridized carbons (Fsp3) is 0.111. The molecule has 0 saturated heterocycles. The number of hydrogen-bond acceptors (Lipinski definition) is 5. The molecule has 25 heavy (non-hydrogen) atoms. The van der Waals surface area contributed by atoms with Gasteiger partial charge in [-0.3, -0.25) is 0 Å². The van der Waals surface area contributed by atoms with Crippen molar-refractivity contribution >= 4 is 33.7 Å². The van der Waals surface area contributed by atoms with Crippen LogP contribution in [0.15, 0.2) is 59.1 Å². The molecule has 1 aromatic heterocycles. The minimum atomic E-state index is -0.501. The van der Waals surface area contributed by atoms with Crippen molar-refractivity contribution in [1.29, 1.82) is 0 Å². The number of tetrazole rings is 1. The summed E-state index contributed by atoms with van der Waals surface area (Å²) in [6.07, 6.45) is 1.70. The molecule has 1 heterocycles. The topological polar surface area (TPSA) is 69.9 Å². The van der Waals surface area contributed by atoms with Crippen LogP contribution in [0.25, 0.3) is 11.8 Å². The van der Waals surface area contributed by atoms with Crippen LogP contribution < -0.4 is 0 Å². The zero-order valence-electron chi connectivity index (χ0n) is 13.5. The highest BCUT2D eigenvalue weighted by molar-refractivity contribution is 9.10. The molecule has 0 N–H and O–H groups in total. The number of aryl methyl sites for hydroxylation is 1. The first-order chi connectivity index (χ1) is 12.1. The maximum Gasteiger partial charge on any atom is 0.357 e. The Kier molecular flexibility index (Phi) is 5.35. The Hall–Kier alpha value is -2.80. The van der Waals surface area contributed by atoms with E-state index in [1.165, 1.54) is 4.68 Å². The van der Waals surface area contributed by atoms with Gasteiger partial charge in [-0.2, -0.15) is 4.68 Å². The summed E-state index contributed by atoms with van der Waals surface area (Å²) in [4.78, 5) is 12.6. The van der Waals surface area contributed by atoms with Gasteiger partial charge in [0.15, 0.2) is 11.5 Å². The molecule has 0 fully saturated rings. The van der Waals surface area contributed by atoms with Gasteiger partial charge in [0.1, 0.15) is 6.61 Å². The molecule has 0 aliphatic rings. The lowest BCUT2D eigenvalue weighted by Gasteiger charge is -2.09. The van der Waals surface area contributed by atoms with Gasteiger partial charge in [0.05, 0.1) is 0 Å². The summed E-state index contributed by atoms with van der Waals surface area (Å²) in [5, 5.41) is 11.3. The van der Waals surface area contributed by atoms with E-state index >= 15 is 0 Å². The number of ether oxygens (including phenoxy) is 1. The minimum absolute atomic E-state index is 0.158. The summed E-state index contributed by atoms with van der Waals surface area (Å²) < 4.78 is 7.75. The predicted molar refractivity (Wildman–Crippen MR) is 97.1 cm³/mol. The molecule has 126 valence electrons. The van der Waals surface area contributed by atoms with Crippen LogP contribution in [-0.2, 0) is 16.1 Å². The molecule has 2 aromatic carbocycles. The fourth-order valence-electron chi connectivity index (χ4n) is 2.22. The number of carbonyl (C=O) groups excluding carboxylic acids is 1. The Morgan fingerprint density at radius 1 is 1.20 bits per heavy atom. The van der Waals surface area contributed by atoms with Crippen LogP contribution in [0, 0.1) is 6.92 Å². The van der Waals surface area contributed by atoms with Gasteiger partial charge in [0, 0.05) is 4.47 Å². The van der Waals surface area contributed by atoms with E-state index in [1.54, 1.807) is 13.0 Å². The zero-order chi connectivity index (χ0) is 17.6. The number of rotatable bonds is 5. The van der Waals surface area contributed by atoms with Crippen LogP contribution in [0.5, 0.6) is 0 Å². The molecule has 0 radical (unpaired) electrons. The summed E-state index contributed by atoms with van der Waals surface area (Å²) >= 11 is 3.40. The largest absolute Gasteiger partial charge is 0.456 e. The average Bonchev–Trinajstić information content (AvgIpc) is 3.04. The van der Waals surface area contributed by atoms with Crippen LogP contribution in [0.4, 0.5) is 0 Å². The summed E-state index contributed by atoms with van der Waals surface area (Å²) in [5.41, 5.74) is 1.99. The van der Waals surface area contributed by atoms with E-state index in [4.69, 9.17) is 4.74 Å². The summed E-state index contributed by atoms with van der Waals surface area (Å²) in [5.74, 6) is 0.000755. The van der Waals surface area contributed by atoms with Gasteiger partial charge in [-0.25, -0.2) is 4.79 Å². The van der Waals surface area contributed by atoms with Gasteiger partial charge >= 0.3 is 5.97 Å². The van der Waals surface area contributed by atoms with E-state index in [-0.39, 0.29) is 12.3 Å². The molecular formula is C18H15BrN4O2. The van der Waals surface area contributed by atoms with E-state index in [2.05, 4.69) is 31.5 Å². The second-order valence-corrected chi connectivity index (χ2v) is 6.20. The van der Waals surface area contributed by atoms with Gasteiger partial charge in [0.2, 0.25) is 0 Å². The molecule has 0 aliphatic carbocycles. The van der Waals surface area contributed by atoms with Crippen molar-refractivity contribution in [1.82, 2.24) is 20.2 Å². The lowest BCUT2D eigenvalue weighted by molar-refractivity contribution is -0.138. The first kappa shape index (κ1) is 17.0. The zero-order valence-corrected chi connectivity index (χ0v) is 15.0. The first-order valence-electron chi connectivity index (χ1n) is 7.57. The molecule has 0 saturated carbocycles. The highest BCUT2D eigenvalue weighted by atomic mass is 79.9. The molecule has 0 amide bonds. The summed E-state index contributed by atoms with van der Waals surface area (Å²) in [7, 11) is 0. The van der Waals surface area contributed by atoms with Gasteiger partial charge < -0.3 is 4.74 Å². The summed E-state index contributed by atoms with van der Waals surface area (Å²) in [6.45, 7) is 1.88. The second-order valence-electron chi connectivity index (χ2n) is 5.28. The number of esters is 1. The van der Waals surface area contributed by atoms with E-state index in [0.29, 0.717) is 5.82 Å². The Morgan fingerprint density at radius 3 is 2.68 bits per heavy atom. The first-order valence-corrected chi connectivity index (χ1v) is 8.36. The minimum Gasteiger partial charge on any atom is -0.456 e. The van der Waals surface area contributed by atoms with E-state index in [1.807, 2.05) is 54.6 Å². The number of aromatic nitrogens is 4. The van der Waals surface area contributed by atoms with Gasteiger partial charge in [-0.15, -0.1) is 5.10 Å². The molecule has 0 unspecified atom stereocenters. The number of hydrogen-bond donors (Lipinski definition) is 0. The number of nitrogens with zero attached hydrogens (tertiary/aromatic N) is 4. The van der Waals surface area contributed by atoms with Crippen LogP contribution >= 0.6 is 15.9 Å². The SMILES string of the molecule is Cc1nnnn1/C(=C\c1ccccc1)C(=O)OCc1cccc(Br)c1. The number of halogens is 1. The van der Waals surface area contributed by atoms with Gasteiger partial charge in [-0.05, 0) is 46.7 Å². The third-order valence-corrected chi connectivity index (χ3v) is 3.92. The van der Waals surface area contributed by atoms with Crippen molar-refractivity contribution in [3.8, 4) is 0 Å². The van der Waals surface area contributed by atoms with E-state index in [9.17, 15) is 4.79 Å². The van der Waals surface area contributed by atoms with Gasteiger partial charge in [0.25, 0.3) is 0 Å². The number of carbonyl (C=O) groups is 1. The molecular weight excluding hydrogens is 384 g/mol. The van der Waals surface area contributed by atoms with Gasteiger partial charge in [-0.1, -0.05) is 58.4 Å². The standard InChI is InChI=1S/C18H15BrN4O2/c1-13-20-21-22-23(13)17(11-14-6-3-2-4-7-14)18(24)25-12-15-8-5-9-16(19)10-15/h2-11H,12H2,1H3/b17-11-. The quantitative estimate of drug-likeness (QED) is 0.485. The monoisotopic (exact) mass is 398 g/mol.